The molecule has 0 bridgehead atoms. The van der Waals surface area contributed by atoms with Crippen LogP contribution < -0.4 is 0 Å². The third kappa shape index (κ3) is 5.46. The third-order valence-corrected chi connectivity index (χ3v) is 6.18. The average Bonchev–Trinajstić information content (AvgIpc) is 2.75. The van der Waals surface area contributed by atoms with Gasteiger partial charge in [-0.15, -0.1) is 0 Å². The molecule has 0 radical (unpaired) electrons. The second-order valence-corrected chi connectivity index (χ2v) is 8.47. The number of hydrogen-bond acceptors (Lipinski definition) is 1. The SMILES string of the molecule is CCCCCCc1ccc(-c2ccc(C3CCC(CCC)OC3)c(F)c2F)c(F)c1. The Kier molecular flexibility index (Phi) is 8.38. The third-order valence-electron chi connectivity index (χ3n) is 6.18. The van der Waals surface area contributed by atoms with Gasteiger partial charge >= 0.3 is 0 Å². The molecule has 0 N–H and O–H groups in total. The van der Waals surface area contributed by atoms with Crippen molar-refractivity contribution in [2.45, 2.75) is 83.7 Å². The first-order chi connectivity index (χ1) is 14.5. The summed E-state index contributed by atoms with van der Waals surface area (Å²) < 4.78 is 50.3. The maximum Gasteiger partial charge on any atom is 0.167 e. The fourth-order valence-corrected chi connectivity index (χ4v) is 4.38. The summed E-state index contributed by atoms with van der Waals surface area (Å²) >= 11 is 0. The van der Waals surface area contributed by atoms with Crippen LogP contribution in [0.15, 0.2) is 30.3 Å². The summed E-state index contributed by atoms with van der Waals surface area (Å²) in [5.74, 6) is -2.51. The number of hydrogen-bond donors (Lipinski definition) is 0. The zero-order valence-corrected chi connectivity index (χ0v) is 18.2. The molecule has 2 atom stereocenters. The highest BCUT2D eigenvalue weighted by Gasteiger charge is 2.27. The zero-order valence-electron chi connectivity index (χ0n) is 18.2. The second-order valence-electron chi connectivity index (χ2n) is 8.47. The van der Waals surface area contributed by atoms with Crippen LogP contribution in [0.25, 0.3) is 11.1 Å². The maximum absolute atomic E-state index is 14.9. The van der Waals surface area contributed by atoms with E-state index < -0.39 is 17.5 Å². The van der Waals surface area contributed by atoms with Crippen molar-refractivity contribution in [2.24, 2.45) is 0 Å². The Morgan fingerprint density at radius 1 is 0.867 bits per heavy atom. The van der Waals surface area contributed by atoms with Gasteiger partial charge in [0.25, 0.3) is 0 Å². The minimum absolute atomic E-state index is 0.0214. The summed E-state index contributed by atoms with van der Waals surface area (Å²) in [6, 6.07) is 7.94. The summed E-state index contributed by atoms with van der Waals surface area (Å²) in [5.41, 5.74) is 1.31. The predicted molar refractivity (Wildman–Crippen MR) is 116 cm³/mol. The van der Waals surface area contributed by atoms with Crippen molar-refractivity contribution in [2.75, 3.05) is 6.61 Å². The Morgan fingerprint density at radius 2 is 1.67 bits per heavy atom. The lowest BCUT2D eigenvalue weighted by atomic mass is 9.88. The summed E-state index contributed by atoms with van der Waals surface area (Å²) in [4.78, 5) is 0. The van der Waals surface area contributed by atoms with E-state index in [1.54, 1.807) is 12.1 Å². The molecule has 0 spiro atoms. The van der Waals surface area contributed by atoms with Crippen LogP contribution in [-0.4, -0.2) is 12.7 Å². The van der Waals surface area contributed by atoms with Crippen molar-refractivity contribution >= 4 is 0 Å². The van der Waals surface area contributed by atoms with Gasteiger partial charge in [0.1, 0.15) is 5.82 Å². The molecule has 164 valence electrons. The van der Waals surface area contributed by atoms with Gasteiger partial charge in [-0.25, -0.2) is 13.2 Å². The molecule has 1 saturated heterocycles. The summed E-state index contributed by atoms with van der Waals surface area (Å²) in [6.45, 7) is 4.67. The summed E-state index contributed by atoms with van der Waals surface area (Å²) in [5, 5.41) is 0. The second kappa shape index (κ2) is 11.0. The fourth-order valence-electron chi connectivity index (χ4n) is 4.38. The van der Waals surface area contributed by atoms with Crippen molar-refractivity contribution in [1.29, 1.82) is 0 Å². The largest absolute Gasteiger partial charge is 0.378 e. The van der Waals surface area contributed by atoms with Gasteiger partial charge < -0.3 is 4.74 Å². The van der Waals surface area contributed by atoms with Gasteiger partial charge in [0.15, 0.2) is 11.6 Å². The highest BCUT2D eigenvalue weighted by atomic mass is 19.2. The number of aryl methyl sites for hydroxylation is 1. The van der Waals surface area contributed by atoms with Gasteiger partial charge in [0, 0.05) is 17.0 Å². The molecule has 1 heterocycles. The van der Waals surface area contributed by atoms with Crippen LogP contribution in [0.2, 0.25) is 0 Å². The topological polar surface area (TPSA) is 9.23 Å². The molecular weight excluding hydrogens is 385 g/mol. The predicted octanol–water partition coefficient (Wildman–Crippen LogP) is 7.96. The smallest absolute Gasteiger partial charge is 0.167 e. The molecule has 0 aromatic heterocycles. The molecule has 1 nitrogen and oxygen atoms in total. The highest BCUT2D eigenvalue weighted by Crippen LogP contribution is 2.35. The molecule has 0 saturated carbocycles. The lowest BCUT2D eigenvalue weighted by molar-refractivity contribution is -0.00181. The number of unbranched alkanes of at least 4 members (excludes halogenated alkanes) is 3. The van der Waals surface area contributed by atoms with Crippen molar-refractivity contribution in [3.8, 4) is 11.1 Å². The van der Waals surface area contributed by atoms with E-state index in [1.807, 2.05) is 6.07 Å². The monoisotopic (exact) mass is 418 g/mol. The van der Waals surface area contributed by atoms with E-state index in [4.69, 9.17) is 4.74 Å². The highest BCUT2D eigenvalue weighted by molar-refractivity contribution is 5.66. The van der Waals surface area contributed by atoms with Crippen LogP contribution in [-0.2, 0) is 11.2 Å². The number of halogens is 3. The Bertz CT molecular complexity index is 825. The number of ether oxygens (including phenoxy) is 1. The molecule has 1 aliphatic rings. The van der Waals surface area contributed by atoms with E-state index in [9.17, 15) is 13.2 Å². The van der Waals surface area contributed by atoms with Crippen LogP contribution in [0.4, 0.5) is 13.2 Å². The standard InChI is InChI=1S/C26H33F3O/c1-3-5-6-7-9-18-10-13-22(24(27)16-18)23-15-14-21(25(28)26(23)29)19-11-12-20(8-4-2)30-17-19/h10,13-16,19-20H,3-9,11-12,17H2,1-2H3. The molecule has 3 rings (SSSR count). The van der Waals surface area contributed by atoms with Crippen LogP contribution in [0.5, 0.6) is 0 Å². The normalized spacial score (nSPS) is 19.2. The van der Waals surface area contributed by atoms with E-state index in [2.05, 4.69) is 13.8 Å². The van der Waals surface area contributed by atoms with Gasteiger partial charge in [0.2, 0.25) is 0 Å². The van der Waals surface area contributed by atoms with Crippen molar-refractivity contribution in [3.05, 3.63) is 58.9 Å². The van der Waals surface area contributed by atoms with Crippen LogP contribution in [0.1, 0.15) is 82.3 Å². The first-order valence-corrected chi connectivity index (χ1v) is 11.4. The van der Waals surface area contributed by atoms with Gasteiger partial charge in [-0.1, -0.05) is 63.8 Å². The minimum Gasteiger partial charge on any atom is -0.378 e. The first kappa shape index (κ1) is 22.9. The van der Waals surface area contributed by atoms with Crippen molar-refractivity contribution in [3.63, 3.8) is 0 Å². The van der Waals surface area contributed by atoms with E-state index in [0.717, 1.165) is 56.9 Å². The summed E-state index contributed by atoms with van der Waals surface area (Å²) in [7, 11) is 0. The Morgan fingerprint density at radius 3 is 2.33 bits per heavy atom. The van der Waals surface area contributed by atoms with E-state index in [-0.39, 0.29) is 23.1 Å². The molecule has 30 heavy (non-hydrogen) atoms. The van der Waals surface area contributed by atoms with Gasteiger partial charge in [-0.3, -0.25) is 0 Å². The molecule has 2 aromatic carbocycles. The van der Waals surface area contributed by atoms with Gasteiger partial charge in [-0.2, -0.15) is 0 Å². The van der Waals surface area contributed by atoms with Gasteiger partial charge in [0.05, 0.1) is 12.7 Å². The Hall–Kier alpha value is -1.81. The molecule has 2 aromatic rings. The van der Waals surface area contributed by atoms with Crippen molar-refractivity contribution in [1.82, 2.24) is 0 Å². The van der Waals surface area contributed by atoms with E-state index in [0.29, 0.717) is 12.2 Å². The molecule has 2 unspecified atom stereocenters. The summed E-state index contributed by atoms with van der Waals surface area (Å²) in [6.07, 6.45) is 9.14. The molecular formula is C26H33F3O. The molecule has 4 heteroatoms. The molecule has 1 fully saturated rings. The fraction of sp³-hybridized carbons (Fsp3) is 0.538. The van der Waals surface area contributed by atoms with Crippen molar-refractivity contribution < 1.29 is 17.9 Å². The maximum atomic E-state index is 14.9. The number of benzene rings is 2. The number of rotatable bonds is 9. The lowest BCUT2D eigenvalue weighted by Crippen LogP contribution is -2.25. The lowest BCUT2D eigenvalue weighted by Gasteiger charge is -2.29. The molecule has 0 aliphatic carbocycles. The zero-order chi connectivity index (χ0) is 21.5. The average molecular weight is 419 g/mol. The van der Waals surface area contributed by atoms with E-state index in [1.165, 1.54) is 18.6 Å². The Balaban J connectivity index is 1.74. The Labute approximate surface area is 178 Å². The van der Waals surface area contributed by atoms with Crippen LogP contribution >= 0.6 is 0 Å². The van der Waals surface area contributed by atoms with Crippen LogP contribution in [0, 0.1) is 17.5 Å². The van der Waals surface area contributed by atoms with Crippen LogP contribution in [0.3, 0.4) is 0 Å². The first-order valence-electron chi connectivity index (χ1n) is 11.4. The quantitative estimate of drug-likeness (QED) is 0.375. The molecule has 1 aliphatic heterocycles. The van der Waals surface area contributed by atoms with E-state index >= 15 is 0 Å². The minimum atomic E-state index is -0.974. The van der Waals surface area contributed by atoms with Gasteiger partial charge in [-0.05, 0) is 49.3 Å². The molecule has 0 amide bonds.